The third-order valence-corrected chi connectivity index (χ3v) is 7.49. The van der Waals surface area contributed by atoms with Crippen LogP contribution in [0, 0.1) is 0 Å². The van der Waals surface area contributed by atoms with Crippen molar-refractivity contribution in [1.29, 1.82) is 0 Å². The lowest BCUT2D eigenvalue weighted by Crippen LogP contribution is -2.25. The van der Waals surface area contributed by atoms with Gasteiger partial charge in [0.15, 0.2) is 13.2 Å². The quantitative estimate of drug-likeness (QED) is 0.230. The second kappa shape index (κ2) is 12.0. The third kappa shape index (κ3) is 6.30. The Morgan fingerprint density at radius 1 is 0.649 bits per heavy atom. The van der Waals surface area contributed by atoms with Crippen LogP contribution in [0.25, 0.3) is 21.5 Å². The van der Waals surface area contributed by atoms with Gasteiger partial charge in [-0.15, -0.1) is 0 Å². The third-order valence-electron chi connectivity index (χ3n) is 7.26. The molecular weight excluding hydrogens is 492 g/mol. The summed E-state index contributed by atoms with van der Waals surface area (Å²) in [6.07, 6.45) is 10.3. The lowest BCUT2D eigenvalue weighted by Gasteiger charge is -2.23. The predicted octanol–water partition coefficient (Wildman–Crippen LogP) is 7.16. The van der Waals surface area contributed by atoms with E-state index in [0.29, 0.717) is 21.9 Å². The predicted molar refractivity (Wildman–Crippen MR) is 143 cm³/mol. The molecular formula is C30H33ClO6. The first-order chi connectivity index (χ1) is 18.1. The molecule has 2 aliphatic rings. The van der Waals surface area contributed by atoms with E-state index in [-0.39, 0.29) is 37.4 Å². The van der Waals surface area contributed by atoms with E-state index in [2.05, 4.69) is 0 Å². The van der Waals surface area contributed by atoms with Gasteiger partial charge in [0.1, 0.15) is 23.7 Å². The van der Waals surface area contributed by atoms with E-state index < -0.39 is 0 Å². The van der Waals surface area contributed by atoms with Gasteiger partial charge in [-0.25, -0.2) is 9.59 Å². The SMILES string of the molecule is O=C(COc1c2ccccc2c(OCC(=O)OC2CCCCC2)c2cc(Cl)ccc12)OC1CCCCC1. The summed E-state index contributed by atoms with van der Waals surface area (Å²) in [5, 5.41) is 3.51. The Morgan fingerprint density at radius 3 is 1.62 bits per heavy atom. The second-order valence-corrected chi connectivity index (χ2v) is 10.4. The highest BCUT2D eigenvalue weighted by atomic mass is 35.5. The molecule has 0 N–H and O–H groups in total. The van der Waals surface area contributed by atoms with E-state index in [0.717, 1.165) is 67.5 Å². The smallest absolute Gasteiger partial charge is 0.344 e. The lowest BCUT2D eigenvalue weighted by atomic mass is 9.98. The van der Waals surface area contributed by atoms with Crippen LogP contribution in [0.2, 0.25) is 5.02 Å². The maximum atomic E-state index is 12.6. The van der Waals surface area contributed by atoms with Crippen LogP contribution >= 0.6 is 11.6 Å². The van der Waals surface area contributed by atoms with Crippen LogP contribution in [0.15, 0.2) is 42.5 Å². The molecule has 3 aromatic rings. The molecule has 3 aromatic carbocycles. The maximum absolute atomic E-state index is 12.6. The minimum absolute atomic E-state index is 0.0266. The average Bonchev–Trinajstić information content (AvgIpc) is 2.91. The van der Waals surface area contributed by atoms with E-state index in [9.17, 15) is 9.59 Å². The number of esters is 2. The Labute approximate surface area is 222 Å². The van der Waals surface area contributed by atoms with E-state index in [1.807, 2.05) is 30.3 Å². The molecule has 0 saturated heterocycles. The van der Waals surface area contributed by atoms with Crippen molar-refractivity contribution in [3.05, 3.63) is 47.5 Å². The van der Waals surface area contributed by atoms with Gasteiger partial charge in [0.2, 0.25) is 0 Å². The summed E-state index contributed by atoms with van der Waals surface area (Å²) in [7, 11) is 0. The van der Waals surface area contributed by atoms with Crippen molar-refractivity contribution in [1.82, 2.24) is 0 Å². The minimum atomic E-state index is -0.378. The molecule has 0 aromatic heterocycles. The van der Waals surface area contributed by atoms with Crippen LogP contribution in [0.4, 0.5) is 0 Å². The number of carbonyl (C=O) groups excluding carboxylic acids is 2. The zero-order chi connectivity index (χ0) is 25.6. The molecule has 0 atom stereocenters. The molecule has 0 radical (unpaired) electrons. The molecule has 6 nitrogen and oxygen atoms in total. The molecule has 2 fully saturated rings. The summed E-state index contributed by atoms with van der Waals surface area (Å²) in [4.78, 5) is 25.2. The molecule has 0 unspecified atom stereocenters. The summed E-state index contributed by atoms with van der Waals surface area (Å²) in [6, 6.07) is 13.0. The van der Waals surface area contributed by atoms with Gasteiger partial charge in [0.25, 0.3) is 0 Å². The Hall–Kier alpha value is -2.99. The van der Waals surface area contributed by atoms with Gasteiger partial charge in [-0.3, -0.25) is 0 Å². The van der Waals surface area contributed by atoms with Crippen molar-refractivity contribution in [3.8, 4) is 11.5 Å². The van der Waals surface area contributed by atoms with Gasteiger partial charge in [-0.05, 0) is 69.6 Å². The highest BCUT2D eigenvalue weighted by molar-refractivity contribution is 6.31. The zero-order valence-electron chi connectivity index (χ0n) is 21.0. The van der Waals surface area contributed by atoms with Crippen LogP contribution in [-0.4, -0.2) is 37.4 Å². The fraction of sp³-hybridized carbons (Fsp3) is 0.467. The highest BCUT2D eigenvalue weighted by Crippen LogP contribution is 2.43. The van der Waals surface area contributed by atoms with Crippen LogP contribution in [0.5, 0.6) is 11.5 Å². The standard InChI is InChI=1S/C30H33ClO6/c31-20-15-16-25-26(17-20)30(35-19-28(33)37-22-11-5-2-6-12-22)24-14-8-7-13-23(24)29(25)34-18-27(32)36-21-9-3-1-4-10-21/h7-8,13-17,21-22H,1-6,9-12,18-19H2. The first-order valence-electron chi connectivity index (χ1n) is 13.4. The van der Waals surface area contributed by atoms with Crippen LogP contribution in [-0.2, 0) is 19.1 Å². The van der Waals surface area contributed by atoms with Gasteiger partial charge in [0.05, 0.1) is 0 Å². The maximum Gasteiger partial charge on any atom is 0.344 e. The van der Waals surface area contributed by atoms with Crippen molar-refractivity contribution >= 4 is 45.1 Å². The van der Waals surface area contributed by atoms with Gasteiger partial charge < -0.3 is 18.9 Å². The Balaban J connectivity index is 1.39. The molecule has 0 aliphatic heterocycles. The number of halogens is 1. The van der Waals surface area contributed by atoms with Crippen LogP contribution in [0.3, 0.4) is 0 Å². The summed E-state index contributed by atoms with van der Waals surface area (Å²) >= 11 is 6.36. The Kier molecular flexibility index (Phi) is 8.34. The van der Waals surface area contributed by atoms with Crippen LogP contribution < -0.4 is 9.47 Å². The monoisotopic (exact) mass is 524 g/mol. The summed E-state index contributed by atoms with van der Waals surface area (Å²) in [5.74, 6) is 0.339. The second-order valence-electron chi connectivity index (χ2n) is 9.97. The number of ether oxygens (including phenoxy) is 4. The van der Waals surface area contributed by atoms with Crippen molar-refractivity contribution in [2.24, 2.45) is 0 Å². The summed E-state index contributed by atoms with van der Waals surface area (Å²) in [5.41, 5.74) is 0. The molecule has 5 rings (SSSR count). The highest BCUT2D eigenvalue weighted by Gasteiger charge is 2.22. The fourth-order valence-corrected chi connectivity index (χ4v) is 5.62. The molecule has 0 bridgehead atoms. The first kappa shape index (κ1) is 25.7. The molecule has 0 spiro atoms. The minimum Gasteiger partial charge on any atom is -0.481 e. The molecule has 2 aliphatic carbocycles. The number of benzene rings is 3. The van der Waals surface area contributed by atoms with Crippen molar-refractivity contribution in [3.63, 3.8) is 0 Å². The molecule has 37 heavy (non-hydrogen) atoms. The largest absolute Gasteiger partial charge is 0.481 e. The normalized spacial score (nSPS) is 17.0. The topological polar surface area (TPSA) is 71.1 Å². The van der Waals surface area contributed by atoms with E-state index >= 15 is 0 Å². The first-order valence-corrected chi connectivity index (χ1v) is 13.7. The van der Waals surface area contributed by atoms with Crippen molar-refractivity contribution in [2.75, 3.05) is 13.2 Å². The Morgan fingerprint density at radius 2 is 1.11 bits per heavy atom. The van der Waals surface area contributed by atoms with Crippen molar-refractivity contribution < 1.29 is 28.5 Å². The zero-order valence-corrected chi connectivity index (χ0v) is 21.8. The molecule has 0 amide bonds. The van der Waals surface area contributed by atoms with Gasteiger partial charge in [0, 0.05) is 26.6 Å². The Bertz CT molecular complexity index is 1260. The summed E-state index contributed by atoms with van der Waals surface area (Å²) in [6.45, 7) is -0.387. The number of rotatable bonds is 8. The van der Waals surface area contributed by atoms with E-state index in [1.165, 1.54) is 12.8 Å². The fourth-order valence-electron chi connectivity index (χ4n) is 5.45. The number of hydrogen-bond donors (Lipinski definition) is 0. The molecule has 196 valence electrons. The average molecular weight is 525 g/mol. The van der Waals surface area contributed by atoms with Crippen molar-refractivity contribution in [2.45, 2.75) is 76.4 Å². The van der Waals surface area contributed by atoms with Gasteiger partial charge >= 0.3 is 11.9 Å². The van der Waals surface area contributed by atoms with E-state index in [4.69, 9.17) is 30.5 Å². The van der Waals surface area contributed by atoms with E-state index in [1.54, 1.807) is 12.1 Å². The van der Waals surface area contributed by atoms with Gasteiger partial charge in [-0.2, -0.15) is 0 Å². The number of fused-ring (bicyclic) bond motifs is 2. The molecule has 0 heterocycles. The number of carbonyl (C=O) groups is 2. The molecule has 2 saturated carbocycles. The lowest BCUT2D eigenvalue weighted by molar-refractivity contribution is -0.153. The van der Waals surface area contributed by atoms with Crippen LogP contribution in [0.1, 0.15) is 64.2 Å². The molecule has 7 heteroatoms. The number of hydrogen-bond acceptors (Lipinski definition) is 6. The van der Waals surface area contributed by atoms with Gasteiger partial charge in [-0.1, -0.05) is 48.7 Å². The summed E-state index contributed by atoms with van der Waals surface area (Å²) < 4.78 is 23.5.